The zero-order valence-corrected chi connectivity index (χ0v) is 24.0. The van der Waals surface area contributed by atoms with Gasteiger partial charge in [0.25, 0.3) is 11.1 Å². The highest BCUT2D eigenvalue weighted by Gasteiger charge is 2.34. The molecule has 2 amide bonds. The van der Waals surface area contributed by atoms with Crippen molar-refractivity contribution < 1.29 is 23.8 Å². The van der Waals surface area contributed by atoms with E-state index in [-0.39, 0.29) is 29.7 Å². The Morgan fingerprint density at radius 1 is 0.795 bits per heavy atom. The quantitative estimate of drug-likeness (QED) is 0.199. The van der Waals surface area contributed by atoms with Crippen LogP contribution in [0.5, 0.6) is 17.2 Å². The molecule has 1 aliphatic heterocycles. The molecule has 7 heteroatoms. The molecule has 204 valence electrons. The van der Waals surface area contributed by atoms with Gasteiger partial charge in [-0.3, -0.25) is 14.5 Å². The summed E-state index contributed by atoms with van der Waals surface area (Å²) in [7, 11) is 0. The fourth-order valence-electron chi connectivity index (χ4n) is 3.98. The van der Waals surface area contributed by atoms with E-state index in [1.165, 1.54) is 10.5 Å². The number of hydrogen-bond acceptors (Lipinski definition) is 6. The lowest BCUT2D eigenvalue weighted by atomic mass is 9.87. The van der Waals surface area contributed by atoms with Gasteiger partial charge in [0.05, 0.1) is 11.4 Å². The first-order valence-corrected chi connectivity index (χ1v) is 13.8. The van der Waals surface area contributed by atoms with E-state index in [9.17, 15) is 9.59 Å². The fourth-order valence-corrected chi connectivity index (χ4v) is 4.85. The van der Waals surface area contributed by atoms with Crippen molar-refractivity contribution in [2.45, 2.75) is 40.0 Å². The van der Waals surface area contributed by atoms with Crippen molar-refractivity contribution in [1.82, 2.24) is 4.90 Å². The van der Waals surface area contributed by atoms with Crippen molar-refractivity contribution in [1.29, 1.82) is 0 Å². The molecule has 6 nitrogen and oxygen atoms in total. The van der Waals surface area contributed by atoms with Gasteiger partial charge in [0.1, 0.15) is 37.1 Å². The molecule has 0 aromatic heterocycles. The van der Waals surface area contributed by atoms with Gasteiger partial charge in [-0.05, 0) is 89.7 Å². The van der Waals surface area contributed by atoms with E-state index in [1.807, 2.05) is 68.4 Å². The van der Waals surface area contributed by atoms with Crippen LogP contribution in [0.25, 0.3) is 6.08 Å². The summed E-state index contributed by atoms with van der Waals surface area (Å²) >= 11 is 0.945. The number of carbonyl (C=O) groups is 2. The van der Waals surface area contributed by atoms with Crippen LogP contribution in [0.1, 0.15) is 43.0 Å². The molecular weight excluding hydrogens is 510 g/mol. The number of hydrogen-bond donors (Lipinski definition) is 0. The number of benzene rings is 3. The van der Waals surface area contributed by atoms with E-state index < -0.39 is 0 Å². The van der Waals surface area contributed by atoms with E-state index in [2.05, 4.69) is 32.9 Å². The lowest BCUT2D eigenvalue weighted by Gasteiger charge is -2.19. The molecule has 4 rings (SSSR count). The average Bonchev–Trinajstić information content (AvgIpc) is 3.16. The summed E-state index contributed by atoms with van der Waals surface area (Å²) in [6.45, 7) is 11.8. The maximum atomic E-state index is 12.8. The smallest absolute Gasteiger partial charge is 0.293 e. The van der Waals surface area contributed by atoms with Crippen molar-refractivity contribution in [3.8, 4) is 17.2 Å². The van der Waals surface area contributed by atoms with Gasteiger partial charge >= 0.3 is 0 Å². The summed E-state index contributed by atoms with van der Waals surface area (Å²) in [5, 5.41) is -0.288. The lowest BCUT2D eigenvalue weighted by Crippen LogP contribution is -2.32. The Balaban J connectivity index is 1.24. The summed E-state index contributed by atoms with van der Waals surface area (Å²) in [5.41, 5.74) is 4.29. The van der Waals surface area contributed by atoms with Crippen LogP contribution in [0.4, 0.5) is 4.79 Å². The Bertz CT molecular complexity index is 1340. The van der Waals surface area contributed by atoms with Crippen LogP contribution >= 0.6 is 11.8 Å². The van der Waals surface area contributed by atoms with Crippen LogP contribution in [0.15, 0.2) is 71.6 Å². The molecule has 0 radical (unpaired) electrons. The maximum Gasteiger partial charge on any atom is 0.293 e. The van der Waals surface area contributed by atoms with E-state index in [0.717, 1.165) is 40.0 Å². The zero-order valence-electron chi connectivity index (χ0n) is 23.2. The summed E-state index contributed by atoms with van der Waals surface area (Å²) < 4.78 is 17.4. The normalized spacial score (nSPS) is 14.7. The topological polar surface area (TPSA) is 65.1 Å². The van der Waals surface area contributed by atoms with Gasteiger partial charge in [0.15, 0.2) is 0 Å². The minimum atomic E-state index is -0.303. The monoisotopic (exact) mass is 545 g/mol. The van der Waals surface area contributed by atoms with Crippen molar-refractivity contribution >= 4 is 29.0 Å². The molecule has 3 aromatic rings. The summed E-state index contributed by atoms with van der Waals surface area (Å²) in [6.07, 6.45) is 1.73. The molecule has 0 spiro atoms. The predicted molar refractivity (Wildman–Crippen MR) is 157 cm³/mol. The Morgan fingerprint density at radius 2 is 1.41 bits per heavy atom. The predicted octanol–water partition coefficient (Wildman–Crippen LogP) is 7.17. The highest BCUT2D eigenvalue weighted by Crippen LogP contribution is 2.32. The van der Waals surface area contributed by atoms with Gasteiger partial charge in [-0.1, -0.05) is 57.2 Å². The first-order valence-electron chi connectivity index (χ1n) is 13.0. The third-order valence-electron chi connectivity index (χ3n) is 6.31. The highest BCUT2D eigenvalue weighted by atomic mass is 32.2. The van der Waals surface area contributed by atoms with Gasteiger partial charge in [0.2, 0.25) is 0 Å². The average molecular weight is 546 g/mol. The van der Waals surface area contributed by atoms with Crippen LogP contribution in [0, 0.1) is 13.8 Å². The maximum absolute atomic E-state index is 12.8. The molecule has 1 heterocycles. The third-order valence-corrected chi connectivity index (χ3v) is 7.22. The first-order chi connectivity index (χ1) is 18.6. The zero-order chi connectivity index (χ0) is 28.0. The Kier molecular flexibility index (Phi) is 9.02. The number of imide groups is 1. The largest absolute Gasteiger partial charge is 0.491 e. The van der Waals surface area contributed by atoms with Crippen LogP contribution in [-0.4, -0.2) is 42.4 Å². The SMILES string of the molecule is Cc1ccc(C)c(OCCN2C(=O)S/C(=C\c3ccc(OCCOc4ccc(C(C)(C)C)cc4)cc3)C2=O)c1. The van der Waals surface area contributed by atoms with E-state index in [1.54, 1.807) is 6.08 Å². The first kappa shape index (κ1) is 28.3. The van der Waals surface area contributed by atoms with Gasteiger partial charge in [0, 0.05) is 0 Å². The summed E-state index contributed by atoms with van der Waals surface area (Å²) in [6, 6.07) is 21.5. The van der Waals surface area contributed by atoms with Crippen molar-refractivity contribution in [2.75, 3.05) is 26.4 Å². The third kappa shape index (κ3) is 7.67. The number of amides is 2. The molecule has 0 N–H and O–H groups in total. The number of nitrogens with zero attached hydrogens (tertiary/aromatic N) is 1. The summed E-state index contributed by atoms with van der Waals surface area (Å²) in [4.78, 5) is 26.9. The molecule has 1 fully saturated rings. The number of rotatable bonds is 10. The van der Waals surface area contributed by atoms with Crippen LogP contribution in [0.3, 0.4) is 0 Å². The van der Waals surface area contributed by atoms with Crippen molar-refractivity contribution in [3.63, 3.8) is 0 Å². The highest BCUT2D eigenvalue weighted by molar-refractivity contribution is 8.18. The van der Waals surface area contributed by atoms with Gasteiger partial charge in [-0.25, -0.2) is 0 Å². The molecule has 1 saturated heterocycles. The molecule has 0 saturated carbocycles. The Morgan fingerprint density at radius 3 is 2.03 bits per heavy atom. The van der Waals surface area contributed by atoms with Crippen molar-refractivity contribution in [3.05, 3.63) is 93.9 Å². The van der Waals surface area contributed by atoms with Gasteiger partial charge < -0.3 is 14.2 Å². The molecule has 0 aliphatic carbocycles. The van der Waals surface area contributed by atoms with E-state index in [0.29, 0.717) is 23.9 Å². The number of carbonyl (C=O) groups excluding carboxylic acids is 2. The Labute approximate surface area is 235 Å². The van der Waals surface area contributed by atoms with Gasteiger partial charge in [-0.15, -0.1) is 0 Å². The second-order valence-corrected chi connectivity index (χ2v) is 11.5. The van der Waals surface area contributed by atoms with Crippen molar-refractivity contribution in [2.24, 2.45) is 0 Å². The van der Waals surface area contributed by atoms with Gasteiger partial charge in [-0.2, -0.15) is 0 Å². The van der Waals surface area contributed by atoms with E-state index in [4.69, 9.17) is 14.2 Å². The molecule has 0 unspecified atom stereocenters. The molecular formula is C32H35NO5S. The minimum Gasteiger partial charge on any atom is -0.491 e. The minimum absolute atomic E-state index is 0.110. The number of aryl methyl sites for hydroxylation is 2. The van der Waals surface area contributed by atoms with Crippen LogP contribution in [0.2, 0.25) is 0 Å². The Hall–Kier alpha value is -3.71. The van der Waals surface area contributed by atoms with Crippen LogP contribution < -0.4 is 14.2 Å². The lowest BCUT2D eigenvalue weighted by molar-refractivity contribution is -0.123. The number of ether oxygens (including phenoxy) is 3. The van der Waals surface area contributed by atoms with Crippen LogP contribution in [-0.2, 0) is 10.2 Å². The second-order valence-electron chi connectivity index (χ2n) is 10.5. The number of thioether (sulfide) groups is 1. The van der Waals surface area contributed by atoms with E-state index >= 15 is 0 Å². The fraction of sp³-hybridized carbons (Fsp3) is 0.312. The molecule has 1 aliphatic rings. The standard InChI is InChI=1S/C32H35NO5S/c1-22-6-7-23(2)28(20-22)38-17-16-33-30(34)29(39-31(33)35)21-24-8-12-26(13-9-24)36-18-19-37-27-14-10-25(11-15-27)32(3,4)5/h6-15,20-21H,16-19H2,1-5H3/b29-21-. The molecule has 0 atom stereocenters. The second kappa shape index (κ2) is 12.4. The molecule has 3 aromatic carbocycles. The summed E-state index contributed by atoms with van der Waals surface area (Å²) in [5.74, 6) is 1.98. The molecule has 0 bridgehead atoms. The molecule has 39 heavy (non-hydrogen) atoms.